The van der Waals surface area contributed by atoms with Gasteiger partial charge in [0.15, 0.2) is 0 Å². The number of benzene rings is 1. The van der Waals surface area contributed by atoms with Crippen molar-refractivity contribution in [2.45, 2.75) is 181 Å². The molecule has 6 nitrogen and oxygen atoms in total. The minimum atomic E-state index is -0.0823. The van der Waals surface area contributed by atoms with Crippen LogP contribution in [0.5, 0.6) is 0 Å². The smallest absolute Gasteiger partial charge is 0.251 e. The molecule has 290 valence electrons. The Morgan fingerprint density at radius 3 is 0.900 bits per heavy atom. The fourth-order valence-corrected chi connectivity index (χ4v) is 6.72. The minimum Gasteiger partial charge on any atom is -0.351 e. The van der Waals surface area contributed by atoms with Crippen molar-refractivity contribution in [3.8, 4) is 0 Å². The Bertz CT molecular complexity index is 833. The number of hydrogen-bond donors (Lipinski definition) is 2. The summed E-state index contributed by atoms with van der Waals surface area (Å²) in [5.41, 5.74) is 1.19. The summed E-state index contributed by atoms with van der Waals surface area (Å²) < 4.78 is 0. The van der Waals surface area contributed by atoms with Gasteiger partial charge >= 0.3 is 0 Å². The number of carbonyl (C=O) groups is 2. The highest BCUT2D eigenvalue weighted by molar-refractivity contribution is 5.97. The van der Waals surface area contributed by atoms with Crippen LogP contribution in [0, 0.1) is 0 Å². The van der Waals surface area contributed by atoms with Crippen LogP contribution in [-0.2, 0) is 0 Å². The predicted octanol–water partition coefficient (Wildman–Crippen LogP) is 11.2. The Hall–Kier alpha value is -1.92. The third-order valence-electron chi connectivity index (χ3n) is 10.3. The van der Waals surface area contributed by atoms with Crippen molar-refractivity contribution in [3.63, 3.8) is 0 Å². The third-order valence-corrected chi connectivity index (χ3v) is 10.3. The lowest BCUT2D eigenvalue weighted by molar-refractivity contribution is 0.0938. The molecule has 0 aliphatic rings. The largest absolute Gasteiger partial charge is 0.351 e. The van der Waals surface area contributed by atoms with E-state index in [-0.39, 0.29) is 11.8 Å². The van der Waals surface area contributed by atoms with Crippen LogP contribution in [0.3, 0.4) is 0 Å². The number of likely N-dealkylation sites (N-methyl/N-ethyl adjacent to an activating group) is 2. The maximum absolute atomic E-state index is 12.6. The fraction of sp³-hybridized carbons (Fsp3) is 0.818. The van der Waals surface area contributed by atoms with Crippen LogP contribution < -0.4 is 10.6 Å². The van der Waals surface area contributed by atoms with Crippen LogP contribution in [0.15, 0.2) is 24.3 Å². The fourth-order valence-electron chi connectivity index (χ4n) is 6.72. The van der Waals surface area contributed by atoms with E-state index in [2.05, 4.69) is 48.4 Å². The quantitative estimate of drug-likeness (QED) is 0.0685. The molecule has 0 bridgehead atoms. The lowest BCUT2D eigenvalue weighted by Crippen LogP contribution is -2.34. The topological polar surface area (TPSA) is 64.7 Å². The molecule has 2 amide bonds. The minimum absolute atomic E-state index is 0.0823. The molecule has 0 unspecified atom stereocenters. The summed E-state index contributed by atoms with van der Waals surface area (Å²) in [6, 6.07) is 7.01. The molecule has 50 heavy (non-hydrogen) atoms. The summed E-state index contributed by atoms with van der Waals surface area (Å²) in [5, 5.41) is 6.07. The summed E-state index contributed by atoms with van der Waals surface area (Å²) in [6.07, 6.45) is 35.7. The zero-order valence-corrected chi connectivity index (χ0v) is 33.6. The summed E-state index contributed by atoms with van der Waals surface area (Å²) in [4.78, 5) is 29.9. The van der Waals surface area contributed by atoms with Gasteiger partial charge in [0.1, 0.15) is 0 Å². The van der Waals surface area contributed by atoms with Crippen LogP contribution in [-0.4, -0.2) is 75.0 Å². The van der Waals surface area contributed by atoms with Gasteiger partial charge in [-0.1, -0.05) is 168 Å². The van der Waals surface area contributed by atoms with E-state index in [0.29, 0.717) is 24.2 Å². The highest BCUT2D eigenvalue weighted by atomic mass is 16.2. The Kier molecular flexibility index (Phi) is 31.5. The molecule has 0 spiro atoms. The second kappa shape index (κ2) is 34.2. The van der Waals surface area contributed by atoms with Crippen LogP contribution in [0.2, 0.25) is 0 Å². The van der Waals surface area contributed by atoms with Crippen LogP contribution >= 0.6 is 0 Å². The first-order chi connectivity index (χ1) is 24.5. The first-order valence-electron chi connectivity index (χ1n) is 21.5. The molecule has 0 atom stereocenters. The molecule has 1 aromatic carbocycles. The van der Waals surface area contributed by atoms with Gasteiger partial charge in [-0.25, -0.2) is 0 Å². The average molecular weight is 699 g/mol. The Balaban J connectivity index is 2.01. The van der Waals surface area contributed by atoms with E-state index in [1.165, 1.54) is 167 Å². The maximum Gasteiger partial charge on any atom is 0.251 e. The van der Waals surface area contributed by atoms with Gasteiger partial charge < -0.3 is 20.4 Å². The molecule has 0 aliphatic carbocycles. The van der Waals surface area contributed by atoms with E-state index in [1.807, 2.05) is 0 Å². The van der Waals surface area contributed by atoms with Gasteiger partial charge in [0.25, 0.3) is 11.8 Å². The number of rotatable bonds is 36. The van der Waals surface area contributed by atoms with E-state index in [9.17, 15) is 9.59 Å². The Morgan fingerprint density at radius 1 is 0.400 bits per heavy atom. The monoisotopic (exact) mass is 699 g/mol. The molecule has 0 aliphatic heterocycles. The van der Waals surface area contributed by atoms with Crippen molar-refractivity contribution >= 4 is 11.8 Å². The van der Waals surface area contributed by atoms with Crippen LogP contribution in [0.4, 0.5) is 0 Å². The molecule has 0 radical (unpaired) electrons. The number of unbranched alkanes of at least 4 members (excludes halogenated alkanes) is 24. The molecule has 1 aromatic rings. The highest BCUT2D eigenvalue weighted by Crippen LogP contribution is 2.14. The normalized spacial score (nSPS) is 11.5. The van der Waals surface area contributed by atoms with Crippen LogP contribution in [0.1, 0.15) is 202 Å². The average Bonchev–Trinajstić information content (AvgIpc) is 3.12. The molecule has 0 fully saturated rings. The first-order valence-corrected chi connectivity index (χ1v) is 21.5. The Morgan fingerprint density at radius 2 is 0.640 bits per heavy atom. The predicted molar refractivity (Wildman–Crippen MR) is 217 cm³/mol. The van der Waals surface area contributed by atoms with E-state index < -0.39 is 0 Å². The van der Waals surface area contributed by atoms with E-state index >= 15 is 0 Å². The van der Waals surface area contributed by atoms with Gasteiger partial charge in [0.05, 0.1) is 0 Å². The lowest BCUT2D eigenvalue weighted by Gasteiger charge is -2.17. The van der Waals surface area contributed by atoms with Crippen molar-refractivity contribution in [1.82, 2.24) is 20.4 Å². The van der Waals surface area contributed by atoms with E-state index in [0.717, 1.165) is 26.2 Å². The van der Waals surface area contributed by atoms with Crippen molar-refractivity contribution in [3.05, 3.63) is 35.4 Å². The number of hydrogen-bond acceptors (Lipinski definition) is 4. The molecule has 1 rings (SSSR count). The van der Waals surface area contributed by atoms with Gasteiger partial charge in [-0.15, -0.1) is 0 Å². The zero-order valence-electron chi connectivity index (χ0n) is 33.6. The maximum atomic E-state index is 12.6. The van der Waals surface area contributed by atoms with Crippen molar-refractivity contribution in [2.75, 3.05) is 53.4 Å². The number of carbonyl (C=O) groups excluding carboxylic acids is 2. The van der Waals surface area contributed by atoms with Gasteiger partial charge in [-0.05, 0) is 64.3 Å². The summed E-state index contributed by atoms with van der Waals surface area (Å²) in [6.45, 7) is 9.66. The molecular weight excluding hydrogens is 617 g/mol. The summed E-state index contributed by atoms with van der Waals surface area (Å²) >= 11 is 0. The lowest BCUT2D eigenvalue weighted by atomic mass is 10.0. The SMILES string of the molecule is CCCCCCCCCCCCCCCN(C)CCNC(=O)c1ccc(C(=O)NCCN(C)CCCCCCCCCCCCCCC)cc1. The zero-order chi connectivity index (χ0) is 36.3. The summed E-state index contributed by atoms with van der Waals surface area (Å²) in [7, 11) is 4.27. The molecule has 6 heteroatoms. The molecule has 0 heterocycles. The highest BCUT2D eigenvalue weighted by Gasteiger charge is 2.10. The second-order valence-corrected chi connectivity index (χ2v) is 15.2. The molecule has 0 saturated carbocycles. The van der Waals surface area contributed by atoms with Gasteiger partial charge in [-0.3, -0.25) is 9.59 Å². The standard InChI is InChI=1S/C44H82N4O2/c1-5-7-9-11-13-15-17-19-21-23-25-27-29-37-47(3)39-35-45-43(49)41-31-33-42(34-32-41)44(50)46-36-40-48(4)38-30-28-26-24-22-20-18-16-14-12-10-8-6-2/h31-34H,5-30,35-40H2,1-4H3,(H,45,49)(H,46,50). The first kappa shape index (κ1) is 46.1. The molecule has 0 aromatic heterocycles. The van der Waals surface area contributed by atoms with Gasteiger partial charge in [0, 0.05) is 37.3 Å². The van der Waals surface area contributed by atoms with Crippen molar-refractivity contribution < 1.29 is 9.59 Å². The third kappa shape index (κ3) is 27.8. The molecule has 0 saturated heterocycles. The van der Waals surface area contributed by atoms with E-state index in [1.54, 1.807) is 24.3 Å². The van der Waals surface area contributed by atoms with Crippen LogP contribution in [0.25, 0.3) is 0 Å². The van der Waals surface area contributed by atoms with Gasteiger partial charge in [0.2, 0.25) is 0 Å². The molecular formula is C44H82N4O2. The van der Waals surface area contributed by atoms with Gasteiger partial charge in [-0.2, -0.15) is 0 Å². The number of nitrogens with zero attached hydrogens (tertiary/aromatic N) is 2. The van der Waals surface area contributed by atoms with Crippen molar-refractivity contribution in [2.24, 2.45) is 0 Å². The Labute approximate surface area is 310 Å². The number of nitrogens with one attached hydrogen (secondary N) is 2. The number of amides is 2. The van der Waals surface area contributed by atoms with E-state index in [4.69, 9.17) is 0 Å². The summed E-state index contributed by atoms with van der Waals surface area (Å²) in [5.74, 6) is -0.165. The second-order valence-electron chi connectivity index (χ2n) is 15.2. The van der Waals surface area contributed by atoms with Crippen molar-refractivity contribution in [1.29, 1.82) is 0 Å². The molecule has 2 N–H and O–H groups in total.